The van der Waals surface area contributed by atoms with Crippen molar-refractivity contribution in [2.24, 2.45) is 4.99 Å². The SMILES string of the molecule is Cc1onc(-c2ccccc2)c1C1=NC(=CC=Cc2ccccc2)C(=O)O1. The van der Waals surface area contributed by atoms with Crippen LogP contribution in [0.15, 0.2) is 88.0 Å². The largest absolute Gasteiger partial charge is 0.402 e. The van der Waals surface area contributed by atoms with Crippen molar-refractivity contribution >= 4 is 17.9 Å². The first-order chi connectivity index (χ1) is 13.2. The number of esters is 1. The minimum Gasteiger partial charge on any atom is -0.402 e. The van der Waals surface area contributed by atoms with E-state index >= 15 is 0 Å². The van der Waals surface area contributed by atoms with Gasteiger partial charge in [0.2, 0.25) is 5.90 Å². The number of hydrogen-bond donors (Lipinski definition) is 0. The molecular formula is C22H16N2O3. The van der Waals surface area contributed by atoms with Gasteiger partial charge in [0.25, 0.3) is 0 Å². The van der Waals surface area contributed by atoms with Crippen molar-refractivity contribution in [1.29, 1.82) is 0 Å². The van der Waals surface area contributed by atoms with Crippen molar-refractivity contribution in [2.45, 2.75) is 6.92 Å². The van der Waals surface area contributed by atoms with Gasteiger partial charge in [0.1, 0.15) is 17.0 Å². The second-order valence-electron chi connectivity index (χ2n) is 5.96. The van der Waals surface area contributed by atoms with Gasteiger partial charge in [-0.1, -0.05) is 78.0 Å². The number of aliphatic imine (C=N–C) groups is 1. The molecule has 0 radical (unpaired) electrons. The number of aryl methyl sites for hydroxylation is 1. The molecule has 0 fully saturated rings. The Labute approximate surface area is 156 Å². The molecule has 0 aliphatic carbocycles. The van der Waals surface area contributed by atoms with E-state index in [9.17, 15) is 4.79 Å². The monoisotopic (exact) mass is 356 g/mol. The Balaban J connectivity index is 1.65. The van der Waals surface area contributed by atoms with Crippen LogP contribution in [0.5, 0.6) is 0 Å². The highest BCUT2D eigenvalue weighted by molar-refractivity contribution is 6.13. The fourth-order valence-electron chi connectivity index (χ4n) is 2.76. The molecule has 1 aliphatic rings. The smallest absolute Gasteiger partial charge is 0.363 e. The van der Waals surface area contributed by atoms with Gasteiger partial charge in [-0.2, -0.15) is 0 Å². The number of cyclic esters (lactones) is 1. The summed E-state index contributed by atoms with van der Waals surface area (Å²) in [6.07, 6.45) is 5.30. The van der Waals surface area contributed by atoms with Crippen molar-refractivity contribution in [3.63, 3.8) is 0 Å². The standard InChI is InChI=1S/C22H16N2O3/c1-15-19(20(24-27-15)17-12-6-3-7-13-17)21-23-18(22(25)26-21)14-8-11-16-9-4-2-5-10-16/h2-14H,1H3. The van der Waals surface area contributed by atoms with E-state index in [1.807, 2.05) is 66.7 Å². The number of aromatic nitrogens is 1. The molecule has 0 bridgehead atoms. The lowest BCUT2D eigenvalue weighted by Gasteiger charge is -2.01. The van der Waals surface area contributed by atoms with Crippen molar-refractivity contribution < 1.29 is 14.1 Å². The van der Waals surface area contributed by atoms with E-state index in [-0.39, 0.29) is 11.6 Å². The molecule has 2 aromatic carbocycles. The molecule has 5 heteroatoms. The third kappa shape index (κ3) is 3.48. The first-order valence-corrected chi connectivity index (χ1v) is 8.49. The Morgan fingerprint density at radius 2 is 1.67 bits per heavy atom. The molecule has 0 spiro atoms. The number of carbonyl (C=O) groups excluding carboxylic acids is 1. The van der Waals surface area contributed by atoms with Crippen LogP contribution in [0.25, 0.3) is 17.3 Å². The van der Waals surface area contributed by atoms with Gasteiger partial charge >= 0.3 is 5.97 Å². The van der Waals surface area contributed by atoms with Gasteiger partial charge in [0, 0.05) is 5.56 Å². The zero-order valence-electron chi connectivity index (χ0n) is 14.6. The van der Waals surface area contributed by atoms with Crippen LogP contribution < -0.4 is 0 Å². The number of ether oxygens (including phenoxy) is 1. The lowest BCUT2D eigenvalue weighted by Crippen LogP contribution is -2.07. The highest BCUT2D eigenvalue weighted by Crippen LogP contribution is 2.28. The van der Waals surface area contributed by atoms with Crippen molar-refractivity contribution in [1.82, 2.24) is 5.16 Å². The van der Waals surface area contributed by atoms with Gasteiger partial charge in [-0.25, -0.2) is 9.79 Å². The van der Waals surface area contributed by atoms with Crippen LogP contribution in [0.1, 0.15) is 16.9 Å². The van der Waals surface area contributed by atoms with Crippen molar-refractivity contribution in [3.8, 4) is 11.3 Å². The summed E-state index contributed by atoms with van der Waals surface area (Å²) in [4.78, 5) is 16.5. The van der Waals surface area contributed by atoms with Crippen LogP contribution in [0.2, 0.25) is 0 Å². The highest BCUT2D eigenvalue weighted by atomic mass is 16.6. The quantitative estimate of drug-likeness (QED) is 0.508. The molecule has 1 aromatic heterocycles. The summed E-state index contributed by atoms with van der Waals surface area (Å²) >= 11 is 0. The Morgan fingerprint density at radius 1 is 0.963 bits per heavy atom. The molecule has 0 amide bonds. The number of benzene rings is 2. The summed E-state index contributed by atoms with van der Waals surface area (Å²) in [7, 11) is 0. The Morgan fingerprint density at radius 3 is 2.41 bits per heavy atom. The summed E-state index contributed by atoms with van der Waals surface area (Å²) in [5, 5.41) is 4.10. The van der Waals surface area contributed by atoms with Gasteiger partial charge in [-0.3, -0.25) is 0 Å². The molecule has 0 saturated heterocycles. The molecule has 27 heavy (non-hydrogen) atoms. The summed E-state index contributed by atoms with van der Waals surface area (Å²) in [6.45, 7) is 1.77. The number of nitrogens with zero attached hydrogens (tertiary/aromatic N) is 2. The van der Waals surface area contributed by atoms with E-state index in [1.165, 1.54) is 0 Å². The average Bonchev–Trinajstić information content (AvgIpc) is 3.26. The molecule has 4 rings (SSSR count). The third-order valence-electron chi connectivity index (χ3n) is 4.09. The molecule has 2 heterocycles. The summed E-state index contributed by atoms with van der Waals surface area (Å²) in [5.41, 5.74) is 3.32. The van der Waals surface area contributed by atoms with Crippen LogP contribution in [0.4, 0.5) is 0 Å². The number of hydrogen-bond acceptors (Lipinski definition) is 5. The van der Waals surface area contributed by atoms with Crippen molar-refractivity contribution in [2.75, 3.05) is 0 Å². The predicted molar refractivity (Wildman–Crippen MR) is 103 cm³/mol. The fraction of sp³-hybridized carbons (Fsp3) is 0.0455. The van der Waals surface area contributed by atoms with E-state index < -0.39 is 5.97 Å². The molecule has 3 aromatic rings. The molecule has 1 aliphatic heterocycles. The Hall–Kier alpha value is -3.73. The molecule has 5 nitrogen and oxygen atoms in total. The van der Waals surface area contributed by atoms with Gasteiger partial charge in [0.05, 0.1) is 0 Å². The van der Waals surface area contributed by atoms with Gasteiger partial charge in [-0.05, 0) is 18.6 Å². The molecular weight excluding hydrogens is 340 g/mol. The minimum absolute atomic E-state index is 0.206. The maximum atomic E-state index is 12.2. The maximum Gasteiger partial charge on any atom is 0.363 e. The van der Waals surface area contributed by atoms with Gasteiger partial charge in [-0.15, -0.1) is 0 Å². The van der Waals surface area contributed by atoms with Crippen LogP contribution in [-0.2, 0) is 9.53 Å². The number of allylic oxidation sites excluding steroid dienone is 2. The zero-order valence-corrected chi connectivity index (χ0v) is 14.6. The third-order valence-corrected chi connectivity index (χ3v) is 4.09. The molecule has 0 unspecified atom stereocenters. The molecule has 0 saturated carbocycles. The van der Waals surface area contributed by atoms with E-state index in [0.717, 1.165) is 11.1 Å². The van der Waals surface area contributed by atoms with Crippen LogP contribution in [0.3, 0.4) is 0 Å². The second-order valence-corrected chi connectivity index (χ2v) is 5.96. The van der Waals surface area contributed by atoms with Gasteiger partial charge in [0.15, 0.2) is 5.70 Å². The predicted octanol–water partition coefficient (Wildman–Crippen LogP) is 4.55. The Bertz CT molecular complexity index is 1060. The van der Waals surface area contributed by atoms with Gasteiger partial charge < -0.3 is 9.26 Å². The topological polar surface area (TPSA) is 64.7 Å². The minimum atomic E-state index is -0.498. The molecule has 0 N–H and O–H groups in total. The van der Waals surface area contributed by atoms with E-state index in [2.05, 4.69) is 10.1 Å². The lowest BCUT2D eigenvalue weighted by molar-refractivity contribution is -0.130. The molecule has 0 atom stereocenters. The van der Waals surface area contributed by atoms with Crippen LogP contribution >= 0.6 is 0 Å². The highest BCUT2D eigenvalue weighted by Gasteiger charge is 2.29. The number of carbonyl (C=O) groups is 1. The van der Waals surface area contributed by atoms with E-state index in [1.54, 1.807) is 19.1 Å². The first-order valence-electron chi connectivity index (χ1n) is 8.49. The van der Waals surface area contributed by atoms with Crippen LogP contribution in [0, 0.1) is 6.92 Å². The fourth-order valence-corrected chi connectivity index (χ4v) is 2.76. The summed E-state index contributed by atoms with van der Waals surface area (Å²) in [5.74, 6) is 0.251. The summed E-state index contributed by atoms with van der Waals surface area (Å²) < 4.78 is 10.7. The second kappa shape index (κ2) is 7.25. The normalized spacial score (nSPS) is 15.4. The maximum absolute atomic E-state index is 12.2. The first kappa shape index (κ1) is 16.7. The van der Waals surface area contributed by atoms with E-state index in [4.69, 9.17) is 9.26 Å². The molecule has 132 valence electrons. The number of rotatable bonds is 4. The van der Waals surface area contributed by atoms with Crippen LogP contribution in [-0.4, -0.2) is 17.0 Å². The lowest BCUT2D eigenvalue weighted by atomic mass is 10.1. The Kier molecular flexibility index (Phi) is 4.49. The van der Waals surface area contributed by atoms with Crippen molar-refractivity contribution in [3.05, 3.63) is 95.4 Å². The van der Waals surface area contributed by atoms with E-state index in [0.29, 0.717) is 17.0 Å². The average molecular weight is 356 g/mol. The summed E-state index contributed by atoms with van der Waals surface area (Å²) in [6, 6.07) is 19.4. The zero-order chi connectivity index (χ0) is 18.6.